The van der Waals surface area contributed by atoms with E-state index in [9.17, 15) is 4.79 Å². The molecule has 2 aromatic rings. The molecule has 0 aliphatic carbocycles. The molecule has 1 atom stereocenters. The number of amides is 1. The van der Waals surface area contributed by atoms with Crippen molar-refractivity contribution < 1.29 is 4.79 Å². The van der Waals surface area contributed by atoms with E-state index in [-0.39, 0.29) is 11.9 Å². The summed E-state index contributed by atoms with van der Waals surface area (Å²) in [6, 6.07) is 14.7. The van der Waals surface area contributed by atoms with Gasteiger partial charge in [0.1, 0.15) is 0 Å². The van der Waals surface area contributed by atoms with Gasteiger partial charge < -0.3 is 5.32 Å². The van der Waals surface area contributed by atoms with Crippen molar-refractivity contribution in [2.24, 2.45) is 0 Å². The van der Waals surface area contributed by atoms with Crippen molar-refractivity contribution in [3.05, 3.63) is 57.8 Å². The van der Waals surface area contributed by atoms with Gasteiger partial charge in [-0.05, 0) is 44.0 Å². The summed E-state index contributed by atoms with van der Waals surface area (Å²) < 4.78 is 0. The molecule has 3 rings (SSSR count). The van der Waals surface area contributed by atoms with Gasteiger partial charge >= 0.3 is 0 Å². The van der Waals surface area contributed by atoms with Crippen molar-refractivity contribution in [3.63, 3.8) is 0 Å². The molecule has 116 valence electrons. The number of carbonyl (C=O) groups is 1. The van der Waals surface area contributed by atoms with Crippen LogP contribution in [0.2, 0.25) is 0 Å². The monoisotopic (exact) mass is 314 g/mol. The molecule has 0 unspecified atom stereocenters. The van der Waals surface area contributed by atoms with Gasteiger partial charge in [0, 0.05) is 24.0 Å². The van der Waals surface area contributed by atoms with Gasteiger partial charge in [-0.25, -0.2) is 0 Å². The van der Waals surface area contributed by atoms with Gasteiger partial charge in [-0.1, -0.05) is 30.3 Å². The first-order chi connectivity index (χ1) is 10.7. The predicted octanol–water partition coefficient (Wildman–Crippen LogP) is 3.45. The highest BCUT2D eigenvalue weighted by Gasteiger charge is 2.22. The van der Waals surface area contributed by atoms with Gasteiger partial charge in [-0.15, -0.1) is 11.3 Å². The Morgan fingerprint density at radius 3 is 2.82 bits per heavy atom. The lowest BCUT2D eigenvalue weighted by Gasteiger charge is -2.33. The van der Waals surface area contributed by atoms with Crippen LogP contribution in [0.1, 0.15) is 33.0 Å². The molecule has 1 aromatic carbocycles. The van der Waals surface area contributed by atoms with E-state index in [1.165, 1.54) is 10.4 Å². The first kappa shape index (κ1) is 15.3. The third-order valence-electron chi connectivity index (χ3n) is 4.05. The summed E-state index contributed by atoms with van der Waals surface area (Å²) in [5.41, 5.74) is 1.34. The number of thiophene rings is 1. The van der Waals surface area contributed by atoms with Crippen LogP contribution in [0.5, 0.6) is 0 Å². The van der Waals surface area contributed by atoms with Crippen LogP contribution in [0, 0.1) is 6.92 Å². The molecule has 0 spiro atoms. The van der Waals surface area contributed by atoms with Crippen LogP contribution in [0.15, 0.2) is 42.5 Å². The van der Waals surface area contributed by atoms with E-state index < -0.39 is 0 Å². The summed E-state index contributed by atoms with van der Waals surface area (Å²) in [6.45, 7) is 5.04. The van der Waals surface area contributed by atoms with Gasteiger partial charge in [-0.3, -0.25) is 9.69 Å². The smallest absolute Gasteiger partial charge is 0.261 e. The van der Waals surface area contributed by atoms with E-state index in [4.69, 9.17) is 0 Å². The summed E-state index contributed by atoms with van der Waals surface area (Å²) >= 11 is 1.56. The fourth-order valence-electron chi connectivity index (χ4n) is 2.97. The molecule has 2 heterocycles. The molecule has 22 heavy (non-hydrogen) atoms. The number of hydrogen-bond donors (Lipinski definition) is 1. The largest absolute Gasteiger partial charge is 0.347 e. The molecule has 1 saturated heterocycles. The minimum Gasteiger partial charge on any atom is -0.347 e. The lowest BCUT2D eigenvalue weighted by atomic mass is 10.0. The summed E-state index contributed by atoms with van der Waals surface area (Å²) in [6.07, 6.45) is 2.21. The maximum absolute atomic E-state index is 12.3. The first-order valence-electron chi connectivity index (χ1n) is 7.84. The number of benzene rings is 1. The van der Waals surface area contributed by atoms with Crippen molar-refractivity contribution in [2.75, 3.05) is 13.1 Å². The number of nitrogens with one attached hydrogen (secondary N) is 1. The van der Waals surface area contributed by atoms with E-state index in [1.807, 2.05) is 25.1 Å². The fourth-order valence-corrected chi connectivity index (χ4v) is 3.74. The minimum absolute atomic E-state index is 0.0738. The first-order valence-corrected chi connectivity index (χ1v) is 8.66. The maximum Gasteiger partial charge on any atom is 0.261 e. The third kappa shape index (κ3) is 3.96. The number of likely N-dealkylation sites (tertiary alicyclic amines) is 1. The van der Waals surface area contributed by atoms with Crippen molar-refractivity contribution in [2.45, 2.75) is 32.4 Å². The average molecular weight is 314 g/mol. The Kier molecular flexibility index (Phi) is 4.90. The number of aryl methyl sites for hydroxylation is 1. The molecule has 1 aliphatic heterocycles. The number of piperidine rings is 1. The van der Waals surface area contributed by atoms with E-state index >= 15 is 0 Å². The van der Waals surface area contributed by atoms with Crippen LogP contribution in [-0.2, 0) is 6.54 Å². The van der Waals surface area contributed by atoms with Gasteiger partial charge in [0.25, 0.3) is 5.91 Å². The second-order valence-electron chi connectivity index (χ2n) is 5.94. The van der Waals surface area contributed by atoms with Crippen molar-refractivity contribution in [3.8, 4) is 0 Å². The topological polar surface area (TPSA) is 32.3 Å². The molecular weight excluding hydrogens is 292 g/mol. The Morgan fingerprint density at radius 2 is 2.09 bits per heavy atom. The summed E-state index contributed by atoms with van der Waals surface area (Å²) in [7, 11) is 0. The third-order valence-corrected chi connectivity index (χ3v) is 5.05. The number of nitrogens with zero attached hydrogens (tertiary/aromatic N) is 1. The minimum atomic E-state index is 0.0738. The Morgan fingerprint density at radius 1 is 1.27 bits per heavy atom. The normalized spacial score (nSPS) is 19.0. The van der Waals surface area contributed by atoms with Crippen LogP contribution in [-0.4, -0.2) is 29.9 Å². The number of rotatable bonds is 4. The summed E-state index contributed by atoms with van der Waals surface area (Å²) in [5.74, 6) is 0.0738. The average Bonchev–Trinajstić information content (AvgIpc) is 2.95. The van der Waals surface area contributed by atoms with E-state index in [0.717, 1.165) is 37.4 Å². The van der Waals surface area contributed by atoms with Crippen LogP contribution in [0.3, 0.4) is 0 Å². The predicted molar refractivity (Wildman–Crippen MR) is 91.3 cm³/mol. The van der Waals surface area contributed by atoms with Crippen molar-refractivity contribution >= 4 is 17.2 Å². The molecule has 0 radical (unpaired) electrons. The Balaban J connectivity index is 1.55. The lowest BCUT2D eigenvalue weighted by molar-refractivity contribution is 0.0905. The second kappa shape index (κ2) is 7.07. The molecule has 3 nitrogen and oxygen atoms in total. The molecule has 0 bridgehead atoms. The highest BCUT2D eigenvalue weighted by Crippen LogP contribution is 2.17. The molecule has 1 N–H and O–H groups in total. The van der Waals surface area contributed by atoms with Gasteiger partial charge in [-0.2, -0.15) is 0 Å². The molecule has 1 amide bonds. The van der Waals surface area contributed by atoms with Crippen molar-refractivity contribution in [1.82, 2.24) is 10.2 Å². The van der Waals surface area contributed by atoms with E-state index in [0.29, 0.717) is 0 Å². The summed E-state index contributed by atoms with van der Waals surface area (Å²) in [5, 5.41) is 3.19. The second-order valence-corrected chi connectivity index (χ2v) is 7.23. The highest BCUT2D eigenvalue weighted by molar-refractivity contribution is 7.13. The SMILES string of the molecule is Cc1ccc(C(=O)N[C@H]2CCCN(Cc3ccccc3)C2)s1. The lowest BCUT2D eigenvalue weighted by Crippen LogP contribution is -2.47. The van der Waals surface area contributed by atoms with Crippen LogP contribution >= 0.6 is 11.3 Å². The Labute approximate surface area is 136 Å². The Bertz CT molecular complexity index is 623. The quantitative estimate of drug-likeness (QED) is 0.937. The van der Waals surface area contributed by atoms with Crippen LogP contribution < -0.4 is 5.32 Å². The standard InChI is InChI=1S/C18H22N2OS/c1-14-9-10-17(22-14)18(21)19-16-8-5-11-20(13-16)12-15-6-3-2-4-7-15/h2-4,6-7,9-10,16H,5,8,11-13H2,1H3,(H,19,21)/t16-/m0/s1. The molecule has 1 aromatic heterocycles. The van der Waals surface area contributed by atoms with Gasteiger partial charge in [0.05, 0.1) is 4.88 Å². The molecule has 1 aliphatic rings. The molecule has 1 fully saturated rings. The van der Waals surface area contributed by atoms with Gasteiger partial charge in [0.15, 0.2) is 0 Å². The zero-order valence-electron chi connectivity index (χ0n) is 12.9. The van der Waals surface area contributed by atoms with E-state index in [1.54, 1.807) is 11.3 Å². The zero-order valence-corrected chi connectivity index (χ0v) is 13.7. The van der Waals surface area contributed by atoms with Crippen molar-refractivity contribution in [1.29, 1.82) is 0 Å². The zero-order chi connectivity index (χ0) is 15.4. The highest BCUT2D eigenvalue weighted by atomic mass is 32.1. The fraction of sp³-hybridized carbons (Fsp3) is 0.389. The van der Waals surface area contributed by atoms with Crippen LogP contribution in [0.25, 0.3) is 0 Å². The molecule has 0 saturated carbocycles. The number of hydrogen-bond acceptors (Lipinski definition) is 3. The molecule has 4 heteroatoms. The Hall–Kier alpha value is -1.65. The van der Waals surface area contributed by atoms with Crippen LogP contribution in [0.4, 0.5) is 0 Å². The molecular formula is C18H22N2OS. The van der Waals surface area contributed by atoms with Gasteiger partial charge in [0.2, 0.25) is 0 Å². The number of carbonyl (C=O) groups excluding carboxylic acids is 1. The van der Waals surface area contributed by atoms with E-state index in [2.05, 4.69) is 34.5 Å². The maximum atomic E-state index is 12.3. The summed E-state index contributed by atoms with van der Waals surface area (Å²) in [4.78, 5) is 16.7.